The number of aromatic amines is 1. The number of methoxy groups -OCH3 is 1. The lowest BCUT2D eigenvalue weighted by Gasteiger charge is -2.43. The van der Waals surface area contributed by atoms with Crippen LogP contribution < -0.4 is 15.0 Å². The fourth-order valence-corrected chi connectivity index (χ4v) is 6.62. The lowest BCUT2D eigenvalue weighted by Crippen LogP contribution is -2.51. The lowest BCUT2D eigenvalue weighted by atomic mass is 9.96. The van der Waals surface area contributed by atoms with Crippen LogP contribution in [0.3, 0.4) is 0 Å². The zero-order chi connectivity index (χ0) is 38.7. The number of hydrogen-bond donors (Lipinski definition) is 3. The van der Waals surface area contributed by atoms with E-state index in [9.17, 15) is 9.18 Å². The van der Waals surface area contributed by atoms with Gasteiger partial charge in [-0.3, -0.25) is 24.8 Å². The largest absolute Gasteiger partial charge is 0.480 e. The molecule has 1 atom stereocenters. The molecule has 1 unspecified atom stereocenters. The number of rotatable bonds is 15. The smallest absolute Gasteiger partial charge is 0.255 e. The Morgan fingerprint density at radius 2 is 2.04 bits per heavy atom. The number of aliphatic hydroxyl groups excluding tert-OH is 1. The van der Waals surface area contributed by atoms with Gasteiger partial charge in [0.15, 0.2) is 0 Å². The first kappa shape index (κ1) is 40.1. The van der Waals surface area contributed by atoms with Crippen molar-refractivity contribution in [2.24, 2.45) is 9.98 Å². The van der Waals surface area contributed by atoms with Gasteiger partial charge in [0, 0.05) is 62.5 Å². The van der Waals surface area contributed by atoms with Crippen molar-refractivity contribution in [2.75, 3.05) is 63.8 Å². The molecule has 0 radical (unpaired) electrons. The Morgan fingerprint density at radius 1 is 1.22 bits per heavy atom. The second-order valence-electron chi connectivity index (χ2n) is 13.1. The number of halogens is 2. The number of ether oxygens (including phenoxy) is 2. The van der Waals surface area contributed by atoms with E-state index in [1.807, 2.05) is 48.6 Å². The number of anilines is 2. The van der Waals surface area contributed by atoms with E-state index in [-0.39, 0.29) is 17.3 Å². The summed E-state index contributed by atoms with van der Waals surface area (Å²) in [5.74, 6) is -0.114. The Labute approximate surface area is 320 Å². The average molecular weight is 756 g/mol. The van der Waals surface area contributed by atoms with Gasteiger partial charge in [0.2, 0.25) is 5.88 Å². The van der Waals surface area contributed by atoms with Gasteiger partial charge in [-0.25, -0.2) is 4.39 Å². The molecule has 11 nitrogen and oxygen atoms in total. The maximum absolute atomic E-state index is 14.1. The molecule has 0 saturated carbocycles. The highest BCUT2D eigenvalue weighted by Crippen LogP contribution is 2.35. The molecule has 3 N–H and O–H groups in total. The van der Waals surface area contributed by atoms with Crippen LogP contribution in [0.4, 0.5) is 21.5 Å². The number of carbonyl (C=O) groups is 1. The van der Waals surface area contributed by atoms with Crippen LogP contribution in [0.25, 0.3) is 10.9 Å². The molecule has 3 aromatic carbocycles. The van der Waals surface area contributed by atoms with Gasteiger partial charge in [-0.05, 0) is 98.9 Å². The van der Waals surface area contributed by atoms with Crippen molar-refractivity contribution >= 4 is 58.9 Å². The number of nitrogens with zero attached hydrogens (tertiary/aromatic N) is 5. The van der Waals surface area contributed by atoms with Crippen LogP contribution in [0.15, 0.2) is 100 Å². The molecule has 3 heterocycles. The first-order valence-electron chi connectivity index (χ1n) is 17.7. The Bertz CT molecular complexity index is 2060. The second kappa shape index (κ2) is 18.8. The lowest BCUT2D eigenvalue weighted by molar-refractivity contribution is -0.127. The molecule has 284 valence electrons. The number of aromatic nitrogens is 2. The number of nitrogens with one attached hydrogen (secondary N) is 2. The van der Waals surface area contributed by atoms with Crippen molar-refractivity contribution in [3.05, 3.63) is 112 Å². The van der Waals surface area contributed by atoms with Crippen molar-refractivity contribution < 1.29 is 23.8 Å². The number of benzene rings is 3. The molecule has 0 bridgehead atoms. The van der Waals surface area contributed by atoms with Crippen LogP contribution >= 0.6 is 11.6 Å². The third-order valence-electron chi connectivity index (χ3n) is 9.56. The SMILES string of the molecule is C=N/C(=C\C=C/Cc1ccc(Cl)cc1F)C1=CCN(CCN(CC2(C)CCO2)c2ccc(C(=O)Nc3ccc4[nH]nc(OC)c4c3)cc2N=C)CC1.CO. The highest BCUT2D eigenvalue weighted by Gasteiger charge is 2.36. The van der Waals surface area contributed by atoms with E-state index >= 15 is 0 Å². The summed E-state index contributed by atoms with van der Waals surface area (Å²) >= 11 is 5.87. The Morgan fingerprint density at radius 3 is 2.70 bits per heavy atom. The molecule has 6 rings (SSSR count). The third-order valence-corrected chi connectivity index (χ3v) is 9.79. The molecule has 2 aliphatic heterocycles. The molecular weight excluding hydrogens is 709 g/mol. The Hall–Kier alpha value is -5.14. The summed E-state index contributed by atoms with van der Waals surface area (Å²) in [5, 5.41) is 18.2. The van der Waals surface area contributed by atoms with Crippen molar-refractivity contribution in [2.45, 2.75) is 31.8 Å². The summed E-state index contributed by atoms with van der Waals surface area (Å²) < 4.78 is 25.4. The van der Waals surface area contributed by atoms with Crippen LogP contribution in [0.2, 0.25) is 5.02 Å². The summed E-state index contributed by atoms with van der Waals surface area (Å²) in [5.41, 5.74) is 5.70. The number of allylic oxidation sites excluding steroid dienone is 4. The van der Waals surface area contributed by atoms with E-state index in [4.69, 9.17) is 26.2 Å². The number of H-pyrrole nitrogens is 1. The standard InChI is InChI=1S/C40H43ClFN7O3.CH4O/c1-40(17-22-52-40)26-49(21-20-48-18-15-28(16-19-48)34(43-2)8-6-5-7-27-9-11-30(41)24-33(27)42)37-14-10-29(23-36(37)44-3)38(50)45-31-12-13-35-32(25-31)39(51-4)47-46-35;1-2/h5-6,8-15,23-25H,2-3,7,16-22,26H2,1,4H3,(H,45,50)(H,46,47);2H,1H3/b6-5-,34-8-;. The monoisotopic (exact) mass is 755 g/mol. The summed E-state index contributed by atoms with van der Waals surface area (Å²) in [6, 6.07) is 15.7. The van der Waals surface area contributed by atoms with E-state index < -0.39 is 0 Å². The maximum atomic E-state index is 14.1. The molecule has 1 aromatic heterocycles. The molecule has 13 heteroatoms. The van der Waals surface area contributed by atoms with Crippen LogP contribution in [0, 0.1) is 5.82 Å². The Balaban J connectivity index is 0.00000276. The summed E-state index contributed by atoms with van der Waals surface area (Å²) in [6.07, 6.45) is 10.2. The second-order valence-corrected chi connectivity index (χ2v) is 13.6. The van der Waals surface area contributed by atoms with Gasteiger partial charge in [-0.2, -0.15) is 0 Å². The zero-order valence-corrected chi connectivity index (χ0v) is 31.7. The van der Waals surface area contributed by atoms with E-state index in [0.29, 0.717) is 46.4 Å². The number of hydrogen-bond acceptors (Lipinski definition) is 9. The van der Waals surface area contributed by atoms with E-state index in [1.54, 1.807) is 25.3 Å². The minimum absolute atomic E-state index is 0.261. The molecular formula is C41H47ClFN7O4. The van der Waals surface area contributed by atoms with Crippen molar-refractivity contribution in [1.29, 1.82) is 0 Å². The number of carbonyl (C=O) groups excluding carboxylic acids is 1. The van der Waals surface area contributed by atoms with Crippen molar-refractivity contribution in [3.8, 4) is 5.88 Å². The summed E-state index contributed by atoms with van der Waals surface area (Å²) in [7, 11) is 2.56. The minimum Gasteiger partial charge on any atom is -0.480 e. The number of aliphatic hydroxyl groups is 1. The average Bonchev–Trinajstić information content (AvgIpc) is 3.59. The summed E-state index contributed by atoms with van der Waals surface area (Å²) in [6.45, 7) is 14.3. The van der Waals surface area contributed by atoms with Gasteiger partial charge in [0.05, 0.1) is 47.3 Å². The number of aliphatic imine (C=N–C) groups is 2. The van der Waals surface area contributed by atoms with Crippen LogP contribution in [0.1, 0.15) is 35.7 Å². The molecule has 1 fully saturated rings. The topological polar surface area (TPSA) is 128 Å². The first-order valence-corrected chi connectivity index (χ1v) is 18.0. The number of amides is 1. The molecule has 0 spiro atoms. The van der Waals surface area contributed by atoms with Crippen LogP contribution in [0.5, 0.6) is 5.88 Å². The van der Waals surface area contributed by atoms with Crippen LogP contribution in [-0.2, 0) is 11.2 Å². The predicted molar refractivity (Wildman–Crippen MR) is 217 cm³/mol. The molecule has 54 heavy (non-hydrogen) atoms. The Kier molecular flexibility index (Phi) is 13.9. The maximum Gasteiger partial charge on any atom is 0.255 e. The molecule has 2 aliphatic rings. The molecule has 1 amide bonds. The first-order chi connectivity index (χ1) is 26.2. The number of fused-ring (bicyclic) bond motifs is 1. The fourth-order valence-electron chi connectivity index (χ4n) is 6.46. The minimum atomic E-state index is -0.315. The van der Waals surface area contributed by atoms with Gasteiger partial charge in [-0.15, -0.1) is 5.10 Å². The van der Waals surface area contributed by atoms with Crippen LogP contribution in [-0.4, -0.2) is 98.7 Å². The van der Waals surface area contributed by atoms with Crippen molar-refractivity contribution in [3.63, 3.8) is 0 Å². The van der Waals surface area contributed by atoms with Gasteiger partial charge >= 0.3 is 0 Å². The predicted octanol–water partition coefficient (Wildman–Crippen LogP) is 7.56. The van der Waals surface area contributed by atoms with E-state index in [0.717, 1.165) is 80.6 Å². The van der Waals surface area contributed by atoms with Gasteiger partial charge < -0.3 is 24.8 Å². The fraction of sp³-hybridized carbons (Fsp3) is 0.317. The van der Waals surface area contributed by atoms with Gasteiger partial charge in [-0.1, -0.05) is 35.9 Å². The van der Waals surface area contributed by atoms with Gasteiger partial charge in [0.1, 0.15) is 5.82 Å². The third kappa shape index (κ3) is 9.88. The molecule has 0 aliphatic carbocycles. The molecule has 1 saturated heterocycles. The summed E-state index contributed by atoms with van der Waals surface area (Å²) in [4.78, 5) is 26.6. The van der Waals surface area contributed by atoms with E-state index in [2.05, 4.69) is 61.7 Å². The normalized spacial score (nSPS) is 17.3. The van der Waals surface area contributed by atoms with Gasteiger partial charge in [0.25, 0.3) is 5.91 Å². The van der Waals surface area contributed by atoms with E-state index in [1.165, 1.54) is 6.07 Å². The zero-order valence-electron chi connectivity index (χ0n) is 30.9. The highest BCUT2D eigenvalue weighted by atomic mass is 35.5. The van der Waals surface area contributed by atoms with Crippen molar-refractivity contribution in [1.82, 2.24) is 15.1 Å². The molecule has 4 aromatic rings. The quantitative estimate of drug-likeness (QED) is 0.0845. The highest BCUT2D eigenvalue weighted by molar-refractivity contribution is 6.30.